The number of benzene rings is 1. The molecule has 0 fully saturated rings. The summed E-state index contributed by atoms with van der Waals surface area (Å²) in [7, 11) is 4.69. The van der Waals surface area contributed by atoms with Gasteiger partial charge in [-0.05, 0) is 6.92 Å². The summed E-state index contributed by atoms with van der Waals surface area (Å²) in [6.07, 6.45) is 1.77. The van der Waals surface area contributed by atoms with Crippen LogP contribution in [0.25, 0.3) is 5.69 Å². The SMILES string of the molecule is COc1cc(-n2cc(CO)c(C)n2)cc(OC)c1OC. The van der Waals surface area contributed by atoms with E-state index in [0.29, 0.717) is 17.2 Å². The molecule has 0 amide bonds. The van der Waals surface area contributed by atoms with Crippen LogP contribution in [0.1, 0.15) is 11.3 Å². The van der Waals surface area contributed by atoms with Crippen molar-refractivity contribution in [1.82, 2.24) is 9.78 Å². The van der Waals surface area contributed by atoms with Gasteiger partial charge in [-0.2, -0.15) is 5.10 Å². The second-order valence-corrected chi connectivity index (χ2v) is 4.23. The Hall–Kier alpha value is -2.21. The number of aromatic nitrogens is 2. The van der Waals surface area contributed by atoms with Gasteiger partial charge in [0.2, 0.25) is 5.75 Å². The van der Waals surface area contributed by atoms with E-state index in [-0.39, 0.29) is 6.61 Å². The van der Waals surface area contributed by atoms with Crippen LogP contribution in [0.2, 0.25) is 0 Å². The normalized spacial score (nSPS) is 10.4. The number of hydrogen-bond donors (Lipinski definition) is 1. The highest BCUT2D eigenvalue weighted by Gasteiger charge is 2.15. The van der Waals surface area contributed by atoms with E-state index >= 15 is 0 Å². The number of aliphatic hydroxyl groups excluding tert-OH is 1. The molecule has 6 nitrogen and oxygen atoms in total. The zero-order valence-electron chi connectivity index (χ0n) is 12.0. The van der Waals surface area contributed by atoms with E-state index in [9.17, 15) is 5.11 Å². The Balaban J connectivity index is 2.56. The van der Waals surface area contributed by atoms with Gasteiger partial charge in [-0.15, -0.1) is 0 Å². The molecule has 0 atom stereocenters. The van der Waals surface area contributed by atoms with Crippen LogP contribution in [0.4, 0.5) is 0 Å². The molecule has 1 aromatic heterocycles. The molecule has 0 saturated heterocycles. The molecule has 6 heteroatoms. The van der Waals surface area contributed by atoms with Crippen LogP contribution in [-0.2, 0) is 6.61 Å². The topological polar surface area (TPSA) is 65.7 Å². The van der Waals surface area contributed by atoms with E-state index in [1.807, 2.05) is 6.92 Å². The fourth-order valence-electron chi connectivity index (χ4n) is 1.98. The average molecular weight is 278 g/mol. The van der Waals surface area contributed by atoms with Crippen molar-refractivity contribution in [2.75, 3.05) is 21.3 Å². The maximum absolute atomic E-state index is 9.24. The van der Waals surface area contributed by atoms with Gasteiger partial charge in [0.05, 0.1) is 39.3 Å². The van der Waals surface area contributed by atoms with E-state index in [0.717, 1.165) is 16.9 Å². The van der Waals surface area contributed by atoms with E-state index in [2.05, 4.69) is 5.10 Å². The lowest BCUT2D eigenvalue weighted by molar-refractivity contribution is 0.281. The summed E-state index contributed by atoms with van der Waals surface area (Å²) in [5, 5.41) is 13.6. The van der Waals surface area contributed by atoms with Crippen LogP contribution < -0.4 is 14.2 Å². The lowest BCUT2D eigenvalue weighted by Gasteiger charge is -2.14. The molecule has 20 heavy (non-hydrogen) atoms. The quantitative estimate of drug-likeness (QED) is 0.901. The summed E-state index contributed by atoms with van der Waals surface area (Å²) in [5.74, 6) is 1.64. The maximum atomic E-state index is 9.24. The lowest BCUT2D eigenvalue weighted by Crippen LogP contribution is -2.00. The molecule has 0 spiro atoms. The first kappa shape index (κ1) is 14.2. The largest absolute Gasteiger partial charge is 0.493 e. The van der Waals surface area contributed by atoms with Crippen molar-refractivity contribution in [2.24, 2.45) is 0 Å². The summed E-state index contributed by atoms with van der Waals surface area (Å²) >= 11 is 0. The Morgan fingerprint density at radius 2 is 1.70 bits per heavy atom. The smallest absolute Gasteiger partial charge is 0.203 e. The summed E-state index contributed by atoms with van der Waals surface area (Å²) in [5.41, 5.74) is 2.32. The highest BCUT2D eigenvalue weighted by Crippen LogP contribution is 2.39. The molecule has 0 bridgehead atoms. The van der Waals surface area contributed by atoms with Crippen molar-refractivity contribution >= 4 is 0 Å². The molecule has 1 aromatic carbocycles. The van der Waals surface area contributed by atoms with Gasteiger partial charge in [-0.3, -0.25) is 0 Å². The molecule has 0 unspecified atom stereocenters. The third-order valence-corrected chi connectivity index (χ3v) is 3.08. The minimum absolute atomic E-state index is 0.0454. The number of nitrogens with zero attached hydrogens (tertiary/aromatic N) is 2. The molecule has 0 aliphatic rings. The molecular weight excluding hydrogens is 260 g/mol. The number of aliphatic hydroxyl groups is 1. The lowest BCUT2D eigenvalue weighted by atomic mass is 10.2. The number of rotatable bonds is 5. The summed E-state index contributed by atoms with van der Waals surface area (Å²) in [4.78, 5) is 0. The number of hydrogen-bond acceptors (Lipinski definition) is 5. The molecule has 0 radical (unpaired) electrons. The van der Waals surface area contributed by atoms with Gasteiger partial charge in [0, 0.05) is 23.9 Å². The van der Waals surface area contributed by atoms with E-state index in [1.165, 1.54) is 0 Å². The van der Waals surface area contributed by atoms with Crippen molar-refractivity contribution in [3.8, 4) is 22.9 Å². The molecule has 2 aromatic rings. The van der Waals surface area contributed by atoms with Gasteiger partial charge in [-0.1, -0.05) is 0 Å². The second-order valence-electron chi connectivity index (χ2n) is 4.23. The van der Waals surface area contributed by atoms with E-state index in [1.54, 1.807) is 44.3 Å². The molecule has 1 N–H and O–H groups in total. The zero-order valence-corrected chi connectivity index (χ0v) is 12.0. The van der Waals surface area contributed by atoms with Gasteiger partial charge in [0.1, 0.15) is 0 Å². The van der Waals surface area contributed by atoms with Crippen LogP contribution in [0.5, 0.6) is 17.2 Å². The highest BCUT2D eigenvalue weighted by molar-refractivity contribution is 5.58. The molecule has 1 heterocycles. The summed E-state index contributed by atoms with van der Waals surface area (Å²) < 4.78 is 17.6. The van der Waals surface area contributed by atoms with Gasteiger partial charge in [0.15, 0.2) is 11.5 Å². The predicted octanol–water partition coefficient (Wildman–Crippen LogP) is 1.70. The number of methoxy groups -OCH3 is 3. The zero-order chi connectivity index (χ0) is 14.7. The fourth-order valence-corrected chi connectivity index (χ4v) is 1.98. The Labute approximate surface area is 117 Å². The average Bonchev–Trinajstić information content (AvgIpc) is 2.86. The first-order valence-electron chi connectivity index (χ1n) is 6.11. The Morgan fingerprint density at radius 1 is 1.10 bits per heavy atom. The molecule has 108 valence electrons. The standard InChI is InChI=1S/C14H18N2O4/c1-9-10(8-17)7-16(15-9)11-5-12(18-2)14(20-4)13(6-11)19-3/h5-7,17H,8H2,1-4H3. The van der Waals surface area contributed by atoms with Crippen molar-refractivity contribution < 1.29 is 19.3 Å². The van der Waals surface area contributed by atoms with E-state index in [4.69, 9.17) is 14.2 Å². The predicted molar refractivity (Wildman–Crippen MR) is 73.9 cm³/mol. The van der Waals surface area contributed by atoms with Gasteiger partial charge in [0.25, 0.3) is 0 Å². The van der Waals surface area contributed by atoms with Crippen molar-refractivity contribution in [2.45, 2.75) is 13.5 Å². The van der Waals surface area contributed by atoms with Gasteiger partial charge in [-0.25, -0.2) is 4.68 Å². The van der Waals surface area contributed by atoms with Crippen molar-refractivity contribution in [1.29, 1.82) is 0 Å². The van der Waals surface area contributed by atoms with Crippen LogP contribution in [0, 0.1) is 6.92 Å². The van der Waals surface area contributed by atoms with Gasteiger partial charge >= 0.3 is 0 Å². The molecule has 0 aliphatic carbocycles. The van der Waals surface area contributed by atoms with Crippen LogP contribution in [0.15, 0.2) is 18.3 Å². The Bertz CT molecular complexity index is 582. The van der Waals surface area contributed by atoms with Crippen LogP contribution in [-0.4, -0.2) is 36.2 Å². The fraction of sp³-hybridized carbons (Fsp3) is 0.357. The van der Waals surface area contributed by atoms with E-state index < -0.39 is 0 Å². The highest BCUT2D eigenvalue weighted by atomic mass is 16.5. The molecule has 0 saturated carbocycles. The summed E-state index contributed by atoms with van der Waals surface area (Å²) in [6.45, 7) is 1.80. The monoisotopic (exact) mass is 278 g/mol. The minimum atomic E-state index is -0.0454. The van der Waals surface area contributed by atoms with Gasteiger partial charge < -0.3 is 19.3 Å². The number of aryl methyl sites for hydroxylation is 1. The third kappa shape index (κ3) is 2.42. The minimum Gasteiger partial charge on any atom is -0.493 e. The van der Waals surface area contributed by atoms with Crippen molar-refractivity contribution in [3.05, 3.63) is 29.6 Å². The van der Waals surface area contributed by atoms with Crippen LogP contribution >= 0.6 is 0 Å². The first-order valence-corrected chi connectivity index (χ1v) is 6.11. The van der Waals surface area contributed by atoms with Crippen LogP contribution in [0.3, 0.4) is 0 Å². The maximum Gasteiger partial charge on any atom is 0.203 e. The number of ether oxygens (including phenoxy) is 3. The third-order valence-electron chi connectivity index (χ3n) is 3.08. The van der Waals surface area contributed by atoms with Crippen molar-refractivity contribution in [3.63, 3.8) is 0 Å². The second kappa shape index (κ2) is 5.83. The molecular formula is C14H18N2O4. The Kier molecular flexibility index (Phi) is 4.14. The first-order chi connectivity index (χ1) is 9.64. The molecule has 0 aliphatic heterocycles. The Morgan fingerprint density at radius 3 is 2.10 bits per heavy atom. The summed E-state index contributed by atoms with van der Waals surface area (Å²) in [6, 6.07) is 3.60. The molecule has 2 rings (SSSR count).